The molecular formula is C11H16O2. The van der Waals surface area contributed by atoms with Gasteiger partial charge in [-0.1, -0.05) is 0 Å². The largest absolute Gasteiger partial charge is 0.300 e. The predicted octanol–water partition coefficient (Wildman–Crippen LogP) is 2.26. The first-order valence-electron chi connectivity index (χ1n) is 5.24. The number of carbonyl (C=O) groups excluding carboxylic acids is 2. The first kappa shape index (κ1) is 8.92. The molecule has 3 aliphatic rings. The molecule has 72 valence electrons. The third-order valence-electron chi connectivity index (χ3n) is 3.28. The van der Waals surface area contributed by atoms with Crippen molar-refractivity contribution in [1.82, 2.24) is 0 Å². The topological polar surface area (TPSA) is 34.1 Å². The van der Waals surface area contributed by atoms with E-state index in [2.05, 4.69) is 0 Å². The average molecular weight is 180 g/mol. The fourth-order valence-corrected chi connectivity index (χ4v) is 1.79. The number of rotatable bonds is 0. The molecule has 0 heterocycles. The fourth-order valence-electron chi connectivity index (χ4n) is 1.79. The molecule has 0 bridgehead atoms. The Morgan fingerprint density at radius 3 is 1.38 bits per heavy atom. The summed E-state index contributed by atoms with van der Waals surface area (Å²) in [6.45, 7) is 0. The molecule has 2 nitrogen and oxygen atoms in total. The molecule has 0 atom stereocenters. The maximum absolute atomic E-state index is 10.8. The van der Waals surface area contributed by atoms with Crippen molar-refractivity contribution in [1.29, 1.82) is 0 Å². The highest BCUT2D eigenvalue weighted by Gasteiger charge is 2.44. The second kappa shape index (κ2) is 3.24. The molecule has 0 amide bonds. The van der Waals surface area contributed by atoms with E-state index in [0.717, 1.165) is 25.7 Å². The molecule has 0 aromatic heterocycles. The van der Waals surface area contributed by atoms with E-state index >= 15 is 0 Å². The molecule has 13 heavy (non-hydrogen) atoms. The summed E-state index contributed by atoms with van der Waals surface area (Å²) in [5, 5.41) is 0. The highest BCUT2D eigenvalue weighted by atomic mass is 16.1. The normalized spacial score (nSPS) is 28.0. The maximum Gasteiger partial charge on any atom is 0.133 e. The summed E-state index contributed by atoms with van der Waals surface area (Å²) in [7, 11) is 0. The van der Waals surface area contributed by atoms with Crippen molar-refractivity contribution in [2.24, 2.45) is 5.41 Å². The minimum Gasteiger partial charge on any atom is -0.300 e. The standard InChI is InChI=1S/C8H12O.C3H4O/c9-7-1-3-8(4-2-7)5-6-8;4-3-1-2-3/h1-6H2;1-2H2. The van der Waals surface area contributed by atoms with Crippen molar-refractivity contribution in [3.8, 4) is 0 Å². The summed E-state index contributed by atoms with van der Waals surface area (Å²) in [6, 6.07) is 0. The molecule has 0 aliphatic heterocycles. The lowest BCUT2D eigenvalue weighted by Gasteiger charge is -2.18. The van der Waals surface area contributed by atoms with Gasteiger partial charge in [-0.15, -0.1) is 0 Å². The zero-order valence-corrected chi connectivity index (χ0v) is 7.97. The van der Waals surface area contributed by atoms with E-state index in [9.17, 15) is 9.59 Å². The molecule has 0 saturated heterocycles. The average Bonchev–Trinajstić information content (AvgIpc) is 3.00. The van der Waals surface area contributed by atoms with Crippen molar-refractivity contribution in [3.63, 3.8) is 0 Å². The molecule has 0 N–H and O–H groups in total. The summed E-state index contributed by atoms with van der Waals surface area (Å²) in [4.78, 5) is 20.3. The van der Waals surface area contributed by atoms with E-state index in [-0.39, 0.29) is 0 Å². The number of ketones is 2. The van der Waals surface area contributed by atoms with Gasteiger partial charge in [-0.25, -0.2) is 0 Å². The Hall–Kier alpha value is -0.660. The van der Waals surface area contributed by atoms with Crippen LogP contribution >= 0.6 is 0 Å². The van der Waals surface area contributed by atoms with Crippen LogP contribution in [0.3, 0.4) is 0 Å². The lowest BCUT2D eigenvalue weighted by Crippen LogP contribution is -2.13. The smallest absolute Gasteiger partial charge is 0.133 e. The van der Waals surface area contributed by atoms with Gasteiger partial charge in [0.05, 0.1) is 0 Å². The van der Waals surface area contributed by atoms with E-state index in [1.807, 2.05) is 0 Å². The number of carbonyl (C=O) groups is 2. The number of hydrogen-bond donors (Lipinski definition) is 0. The van der Waals surface area contributed by atoms with E-state index < -0.39 is 0 Å². The fraction of sp³-hybridized carbons (Fsp3) is 0.818. The van der Waals surface area contributed by atoms with Crippen LogP contribution in [0.4, 0.5) is 0 Å². The lowest BCUT2D eigenvalue weighted by atomic mass is 9.86. The number of Topliss-reactive ketones (excluding diaryl/α,β-unsaturated/α-hetero) is 2. The third kappa shape index (κ3) is 2.64. The van der Waals surface area contributed by atoms with Gasteiger partial charge in [-0.2, -0.15) is 0 Å². The molecule has 0 aromatic rings. The predicted molar refractivity (Wildman–Crippen MR) is 49.4 cm³/mol. The molecule has 0 radical (unpaired) electrons. The van der Waals surface area contributed by atoms with Gasteiger partial charge in [0, 0.05) is 25.7 Å². The van der Waals surface area contributed by atoms with Crippen LogP contribution in [0.1, 0.15) is 51.4 Å². The van der Waals surface area contributed by atoms with Crippen LogP contribution in [-0.4, -0.2) is 11.6 Å². The molecule has 2 heteroatoms. The molecule has 0 unspecified atom stereocenters. The maximum atomic E-state index is 10.8. The molecule has 3 saturated carbocycles. The van der Waals surface area contributed by atoms with Crippen LogP contribution < -0.4 is 0 Å². The Bertz CT molecular complexity index is 220. The summed E-state index contributed by atoms with van der Waals surface area (Å²) in [6.07, 6.45) is 8.65. The van der Waals surface area contributed by atoms with Crippen molar-refractivity contribution < 1.29 is 9.59 Å². The highest BCUT2D eigenvalue weighted by Crippen LogP contribution is 2.55. The Kier molecular flexibility index (Phi) is 2.22. The van der Waals surface area contributed by atoms with Crippen LogP contribution in [-0.2, 0) is 9.59 Å². The first-order chi connectivity index (χ1) is 6.20. The summed E-state index contributed by atoms with van der Waals surface area (Å²) < 4.78 is 0. The molecular weight excluding hydrogens is 164 g/mol. The van der Waals surface area contributed by atoms with E-state index in [4.69, 9.17) is 0 Å². The zero-order valence-electron chi connectivity index (χ0n) is 7.97. The molecule has 3 aliphatic carbocycles. The van der Waals surface area contributed by atoms with Gasteiger partial charge in [0.15, 0.2) is 0 Å². The van der Waals surface area contributed by atoms with Crippen LogP contribution in [0.2, 0.25) is 0 Å². The Morgan fingerprint density at radius 1 is 0.692 bits per heavy atom. The minimum atomic E-state index is 0.417. The SMILES string of the molecule is O=C1CC1.O=C1CCC2(CC1)CC2. The van der Waals surface area contributed by atoms with Crippen molar-refractivity contribution in [2.45, 2.75) is 51.4 Å². The first-order valence-corrected chi connectivity index (χ1v) is 5.24. The minimum absolute atomic E-state index is 0.417. The lowest BCUT2D eigenvalue weighted by molar-refractivity contribution is -0.121. The van der Waals surface area contributed by atoms with Gasteiger partial charge < -0.3 is 0 Å². The van der Waals surface area contributed by atoms with Gasteiger partial charge in [-0.05, 0) is 31.1 Å². The Balaban J connectivity index is 0.000000137. The summed E-state index contributed by atoms with van der Waals surface area (Å²) in [5.41, 5.74) is 0.688. The molecule has 3 rings (SSSR count). The zero-order chi connectivity index (χ0) is 9.31. The van der Waals surface area contributed by atoms with Gasteiger partial charge >= 0.3 is 0 Å². The van der Waals surface area contributed by atoms with Crippen molar-refractivity contribution in [3.05, 3.63) is 0 Å². The van der Waals surface area contributed by atoms with Crippen LogP contribution in [0.25, 0.3) is 0 Å². The van der Waals surface area contributed by atoms with Crippen molar-refractivity contribution in [2.75, 3.05) is 0 Å². The van der Waals surface area contributed by atoms with Gasteiger partial charge in [-0.3, -0.25) is 9.59 Å². The summed E-state index contributed by atoms with van der Waals surface area (Å²) in [5.74, 6) is 0.910. The van der Waals surface area contributed by atoms with Crippen molar-refractivity contribution >= 4 is 11.6 Å². The Labute approximate surface area is 78.7 Å². The quantitative estimate of drug-likeness (QED) is 0.573. The molecule has 3 fully saturated rings. The van der Waals surface area contributed by atoms with Gasteiger partial charge in [0.25, 0.3) is 0 Å². The van der Waals surface area contributed by atoms with Gasteiger partial charge in [0.1, 0.15) is 11.6 Å². The third-order valence-corrected chi connectivity index (χ3v) is 3.28. The second-order valence-corrected chi connectivity index (χ2v) is 4.58. The van der Waals surface area contributed by atoms with Gasteiger partial charge in [0.2, 0.25) is 0 Å². The molecule has 0 aromatic carbocycles. The molecule has 1 spiro atoms. The number of hydrogen-bond acceptors (Lipinski definition) is 2. The van der Waals surface area contributed by atoms with E-state index in [1.54, 1.807) is 0 Å². The second-order valence-electron chi connectivity index (χ2n) is 4.58. The van der Waals surface area contributed by atoms with E-state index in [1.165, 1.54) is 25.7 Å². The van der Waals surface area contributed by atoms with Crippen LogP contribution in [0.15, 0.2) is 0 Å². The van der Waals surface area contributed by atoms with E-state index in [0.29, 0.717) is 17.0 Å². The Morgan fingerprint density at radius 2 is 1.08 bits per heavy atom. The van der Waals surface area contributed by atoms with Crippen LogP contribution in [0, 0.1) is 5.41 Å². The monoisotopic (exact) mass is 180 g/mol. The highest BCUT2D eigenvalue weighted by molar-refractivity contribution is 5.92. The summed E-state index contributed by atoms with van der Waals surface area (Å²) >= 11 is 0. The van der Waals surface area contributed by atoms with Crippen LogP contribution in [0.5, 0.6) is 0 Å².